The molecule has 0 atom stereocenters. The number of unbranched alkanes of at least 4 members (excludes halogenated alkanes) is 1. The summed E-state index contributed by atoms with van der Waals surface area (Å²) in [6, 6.07) is 0. The van der Waals surface area contributed by atoms with Crippen molar-refractivity contribution in [3.05, 3.63) is 0 Å². The Labute approximate surface area is 79.1 Å². The van der Waals surface area contributed by atoms with Gasteiger partial charge in [0.2, 0.25) is 5.91 Å². The monoisotopic (exact) mass is 187 g/mol. The van der Waals surface area contributed by atoms with Crippen LogP contribution in [0.1, 0.15) is 26.2 Å². The smallest absolute Gasteiger partial charge is 0.216 e. The molecule has 0 aromatic rings. The Morgan fingerprint density at radius 3 is 2.69 bits per heavy atom. The van der Waals surface area contributed by atoms with Crippen molar-refractivity contribution in [2.45, 2.75) is 26.2 Å². The van der Waals surface area contributed by atoms with Gasteiger partial charge in [-0.05, 0) is 0 Å². The highest BCUT2D eigenvalue weighted by Crippen LogP contribution is 1.76. The first kappa shape index (κ1) is 12.1. The van der Waals surface area contributed by atoms with Crippen molar-refractivity contribution < 1.29 is 14.9 Å². The normalized spacial score (nSPS) is 9.62. The quantitative estimate of drug-likeness (QED) is 0.380. The maximum atomic E-state index is 10.5. The van der Waals surface area contributed by atoms with Gasteiger partial charge in [0.05, 0.1) is 13.1 Å². The van der Waals surface area contributed by atoms with Gasteiger partial charge in [-0.25, -0.2) is 0 Å². The average molecular weight is 187 g/mol. The summed E-state index contributed by atoms with van der Waals surface area (Å²) in [5.41, 5.74) is 0. The molecular weight excluding hydrogens is 168 g/mol. The van der Waals surface area contributed by atoms with Crippen LogP contribution in [0.15, 0.2) is 0 Å². The summed E-state index contributed by atoms with van der Waals surface area (Å²) < 4.78 is 0. The fourth-order valence-electron chi connectivity index (χ4n) is 1.00. The molecule has 4 heteroatoms. The number of hydrogen-bond acceptors (Lipinski definition) is 2. The molecule has 0 unspecified atom stereocenters. The van der Waals surface area contributed by atoms with Gasteiger partial charge in [0, 0.05) is 32.7 Å². The summed E-state index contributed by atoms with van der Waals surface area (Å²) in [5, 5.41) is 4.90. The molecule has 0 aromatic heterocycles. The van der Waals surface area contributed by atoms with Gasteiger partial charge in [0.25, 0.3) is 0 Å². The first-order valence-electron chi connectivity index (χ1n) is 4.77. The molecule has 0 bridgehead atoms. The number of quaternary nitrogens is 1. The van der Waals surface area contributed by atoms with Gasteiger partial charge in [-0.1, -0.05) is 0 Å². The molecule has 0 aliphatic rings. The fourth-order valence-corrected chi connectivity index (χ4v) is 1.00. The van der Waals surface area contributed by atoms with E-state index in [1.165, 1.54) is 6.92 Å². The molecule has 0 spiro atoms. The van der Waals surface area contributed by atoms with Crippen LogP contribution in [0.25, 0.3) is 0 Å². The number of nitrogens with one attached hydrogen (secondary N) is 1. The zero-order chi connectivity index (χ0) is 9.94. The van der Waals surface area contributed by atoms with Crippen LogP contribution >= 0.6 is 0 Å². The van der Waals surface area contributed by atoms with Gasteiger partial charge in [-0.3, -0.25) is 4.79 Å². The maximum absolute atomic E-state index is 10.5. The zero-order valence-electron chi connectivity index (χ0n) is 8.21. The molecule has 0 saturated carbocycles. The number of carbonyl (C=O) groups excluding carboxylic acids is 2. The van der Waals surface area contributed by atoms with E-state index in [1.807, 2.05) is 0 Å². The molecular formula is C9H19N2O2+. The predicted octanol–water partition coefficient (Wildman–Crippen LogP) is -0.945. The summed E-state index contributed by atoms with van der Waals surface area (Å²) in [7, 11) is 0. The maximum Gasteiger partial charge on any atom is 0.216 e. The second kappa shape index (κ2) is 9.19. The topological polar surface area (TPSA) is 62.8 Å². The van der Waals surface area contributed by atoms with Crippen LogP contribution in [0.5, 0.6) is 0 Å². The Hall–Kier alpha value is -0.900. The van der Waals surface area contributed by atoms with Crippen molar-refractivity contribution in [3.8, 4) is 0 Å². The minimum atomic E-state index is 0.0287. The van der Waals surface area contributed by atoms with Gasteiger partial charge in [-0.2, -0.15) is 0 Å². The van der Waals surface area contributed by atoms with Gasteiger partial charge in [-0.15, -0.1) is 0 Å². The van der Waals surface area contributed by atoms with Crippen molar-refractivity contribution in [2.75, 3.05) is 19.6 Å². The molecule has 0 aliphatic heterocycles. The fraction of sp³-hybridized carbons (Fsp3) is 0.778. The Balaban J connectivity index is 2.91. The van der Waals surface area contributed by atoms with Crippen LogP contribution < -0.4 is 10.6 Å². The molecule has 4 nitrogen and oxygen atoms in total. The summed E-state index contributed by atoms with van der Waals surface area (Å²) in [4.78, 5) is 20.4. The highest BCUT2D eigenvalue weighted by Gasteiger charge is 1.93. The van der Waals surface area contributed by atoms with Crippen LogP contribution in [-0.4, -0.2) is 31.8 Å². The lowest BCUT2D eigenvalue weighted by molar-refractivity contribution is -0.655. The highest BCUT2D eigenvalue weighted by molar-refractivity contribution is 5.72. The standard InChI is InChI=1S/C9H18N2O2/c1-9(13)11-7-4-6-10-5-2-3-8-12/h8,10H,2-7H2,1H3,(H,11,13)/p+1. The Morgan fingerprint density at radius 1 is 1.38 bits per heavy atom. The van der Waals surface area contributed by atoms with Gasteiger partial charge in [0.15, 0.2) is 0 Å². The average Bonchev–Trinajstić information content (AvgIpc) is 2.09. The van der Waals surface area contributed by atoms with E-state index in [0.717, 1.165) is 38.8 Å². The van der Waals surface area contributed by atoms with Crippen LogP contribution in [0.3, 0.4) is 0 Å². The summed E-state index contributed by atoms with van der Waals surface area (Å²) in [5.74, 6) is 0.0287. The van der Waals surface area contributed by atoms with E-state index >= 15 is 0 Å². The van der Waals surface area contributed by atoms with E-state index in [9.17, 15) is 9.59 Å². The number of aldehydes is 1. The molecule has 0 radical (unpaired) electrons. The number of hydrogen-bond donors (Lipinski definition) is 2. The summed E-state index contributed by atoms with van der Waals surface area (Å²) in [6.07, 6.45) is 3.54. The van der Waals surface area contributed by atoms with E-state index in [0.29, 0.717) is 6.42 Å². The van der Waals surface area contributed by atoms with Gasteiger partial charge in [0.1, 0.15) is 6.29 Å². The number of amides is 1. The van der Waals surface area contributed by atoms with Crippen molar-refractivity contribution in [1.29, 1.82) is 0 Å². The minimum absolute atomic E-state index is 0.0287. The Bertz CT molecular complexity index is 149. The third-order valence-corrected chi connectivity index (χ3v) is 1.69. The first-order valence-corrected chi connectivity index (χ1v) is 4.77. The number of carbonyl (C=O) groups is 2. The minimum Gasteiger partial charge on any atom is -0.356 e. The Kier molecular flexibility index (Phi) is 8.55. The lowest BCUT2D eigenvalue weighted by atomic mass is 10.3. The van der Waals surface area contributed by atoms with Crippen LogP contribution in [0.2, 0.25) is 0 Å². The van der Waals surface area contributed by atoms with Crippen molar-refractivity contribution >= 4 is 12.2 Å². The van der Waals surface area contributed by atoms with Gasteiger partial charge < -0.3 is 15.4 Å². The highest BCUT2D eigenvalue weighted by atomic mass is 16.1. The van der Waals surface area contributed by atoms with Crippen LogP contribution in [0.4, 0.5) is 0 Å². The van der Waals surface area contributed by atoms with E-state index in [1.54, 1.807) is 0 Å². The lowest BCUT2D eigenvalue weighted by Crippen LogP contribution is -2.84. The van der Waals surface area contributed by atoms with Crippen molar-refractivity contribution in [2.24, 2.45) is 0 Å². The molecule has 0 saturated heterocycles. The van der Waals surface area contributed by atoms with E-state index in [4.69, 9.17) is 0 Å². The molecule has 1 amide bonds. The number of nitrogens with two attached hydrogens (primary N) is 1. The zero-order valence-corrected chi connectivity index (χ0v) is 8.21. The molecule has 13 heavy (non-hydrogen) atoms. The van der Waals surface area contributed by atoms with Crippen molar-refractivity contribution in [1.82, 2.24) is 5.32 Å². The summed E-state index contributed by atoms with van der Waals surface area (Å²) >= 11 is 0. The predicted molar refractivity (Wildman–Crippen MR) is 50.3 cm³/mol. The SMILES string of the molecule is CC(=O)NCCC[NH2+]CCCC=O. The van der Waals surface area contributed by atoms with E-state index in [2.05, 4.69) is 10.6 Å². The molecule has 0 heterocycles. The van der Waals surface area contributed by atoms with E-state index in [-0.39, 0.29) is 5.91 Å². The van der Waals surface area contributed by atoms with Crippen molar-refractivity contribution in [3.63, 3.8) is 0 Å². The molecule has 3 N–H and O–H groups in total. The second-order valence-electron chi connectivity index (χ2n) is 3.01. The third kappa shape index (κ3) is 11.1. The first-order chi connectivity index (χ1) is 6.27. The molecule has 0 aromatic carbocycles. The molecule has 0 rings (SSSR count). The van der Waals surface area contributed by atoms with Crippen LogP contribution in [0, 0.1) is 0 Å². The molecule has 76 valence electrons. The van der Waals surface area contributed by atoms with Gasteiger partial charge >= 0.3 is 0 Å². The van der Waals surface area contributed by atoms with Crippen LogP contribution in [-0.2, 0) is 9.59 Å². The Morgan fingerprint density at radius 2 is 2.08 bits per heavy atom. The largest absolute Gasteiger partial charge is 0.356 e. The third-order valence-electron chi connectivity index (χ3n) is 1.69. The summed E-state index contributed by atoms with van der Waals surface area (Å²) in [6.45, 7) is 4.28. The molecule has 0 aliphatic carbocycles. The molecule has 0 fully saturated rings. The number of rotatable bonds is 8. The second-order valence-corrected chi connectivity index (χ2v) is 3.01. The van der Waals surface area contributed by atoms with E-state index < -0.39 is 0 Å². The lowest BCUT2D eigenvalue weighted by Gasteiger charge is -2.01.